The third kappa shape index (κ3) is 3.96. The molecule has 2 heterocycles. The van der Waals surface area contributed by atoms with E-state index in [0.717, 1.165) is 31.2 Å². The van der Waals surface area contributed by atoms with Crippen molar-refractivity contribution in [1.82, 2.24) is 15.5 Å². The van der Waals surface area contributed by atoms with Gasteiger partial charge in [0.05, 0.1) is 0 Å². The van der Waals surface area contributed by atoms with E-state index in [9.17, 15) is 0 Å². The Hall–Kier alpha value is -0.610. The SMILES string of the molecule is CC(C)(C)c1noc(CC2CCNCC2)n1.Cl. The Morgan fingerprint density at radius 3 is 2.47 bits per heavy atom. The summed E-state index contributed by atoms with van der Waals surface area (Å²) in [6.45, 7) is 8.54. The number of halogens is 1. The molecule has 2 rings (SSSR count). The van der Waals surface area contributed by atoms with Gasteiger partial charge >= 0.3 is 0 Å². The first kappa shape index (κ1) is 14.5. The molecule has 98 valence electrons. The molecule has 1 aliphatic rings. The zero-order chi connectivity index (χ0) is 11.6. The fraction of sp³-hybridized carbons (Fsp3) is 0.833. The van der Waals surface area contributed by atoms with E-state index in [-0.39, 0.29) is 17.8 Å². The van der Waals surface area contributed by atoms with Gasteiger partial charge < -0.3 is 9.84 Å². The van der Waals surface area contributed by atoms with E-state index >= 15 is 0 Å². The highest BCUT2D eigenvalue weighted by atomic mass is 35.5. The monoisotopic (exact) mass is 259 g/mol. The van der Waals surface area contributed by atoms with E-state index in [2.05, 4.69) is 36.2 Å². The molecule has 0 unspecified atom stereocenters. The lowest BCUT2D eigenvalue weighted by atomic mass is 9.94. The smallest absolute Gasteiger partial charge is 0.226 e. The number of hydrogen-bond acceptors (Lipinski definition) is 4. The first-order valence-corrected chi connectivity index (χ1v) is 6.09. The topological polar surface area (TPSA) is 51.0 Å². The molecule has 0 saturated carbocycles. The fourth-order valence-corrected chi connectivity index (χ4v) is 1.98. The van der Waals surface area contributed by atoms with E-state index in [1.165, 1.54) is 12.8 Å². The molecular formula is C12H22ClN3O. The Bertz CT molecular complexity index is 340. The van der Waals surface area contributed by atoms with Crippen LogP contribution in [0.25, 0.3) is 0 Å². The van der Waals surface area contributed by atoms with Crippen molar-refractivity contribution in [3.63, 3.8) is 0 Å². The lowest BCUT2D eigenvalue weighted by Crippen LogP contribution is -2.28. The van der Waals surface area contributed by atoms with Crippen molar-refractivity contribution in [2.45, 2.75) is 45.4 Å². The van der Waals surface area contributed by atoms with Gasteiger partial charge in [0.25, 0.3) is 0 Å². The van der Waals surface area contributed by atoms with Gasteiger partial charge in [-0.25, -0.2) is 0 Å². The van der Waals surface area contributed by atoms with Gasteiger partial charge in [-0.05, 0) is 31.8 Å². The summed E-state index contributed by atoms with van der Waals surface area (Å²) in [4.78, 5) is 4.48. The predicted molar refractivity (Wildman–Crippen MR) is 69.5 cm³/mol. The molecule has 0 aliphatic carbocycles. The average molecular weight is 260 g/mol. The largest absolute Gasteiger partial charge is 0.339 e. The van der Waals surface area contributed by atoms with E-state index in [1.54, 1.807) is 0 Å². The summed E-state index contributed by atoms with van der Waals surface area (Å²) < 4.78 is 5.31. The highest BCUT2D eigenvalue weighted by Gasteiger charge is 2.22. The van der Waals surface area contributed by atoms with Crippen LogP contribution in [0, 0.1) is 5.92 Å². The standard InChI is InChI=1S/C12H21N3O.ClH/c1-12(2,3)11-14-10(16-15-11)8-9-4-6-13-7-5-9;/h9,13H,4-8H2,1-3H3;1H. The number of piperidine rings is 1. The van der Waals surface area contributed by atoms with E-state index in [1.807, 2.05) is 0 Å². The highest BCUT2D eigenvalue weighted by molar-refractivity contribution is 5.85. The maximum absolute atomic E-state index is 5.31. The van der Waals surface area contributed by atoms with Crippen LogP contribution in [0.15, 0.2) is 4.52 Å². The minimum atomic E-state index is -0.0180. The number of nitrogens with one attached hydrogen (secondary N) is 1. The average Bonchev–Trinajstić information content (AvgIpc) is 2.67. The normalized spacial score (nSPS) is 17.8. The van der Waals surface area contributed by atoms with Crippen molar-refractivity contribution in [1.29, 1.82) is 0 Å². The Morgan fingerprint density at radius 2 is 1.94 bits per heavy atom. The summed E-state index contributed by atoms with van der Waals surface area (Å²) in [6, 6.07) is 0. The molecule has 5 heteroatoms. The van der Waals surface area contributed by atoms with Gasteiger partial charge in [0, 0.05) is 11.8 Å². The first-order chi connectivity index (χ1) is 7.55. The van der Waals surface area contributed by atoms with Gasteiger partial charge in [0.1, 0.15) is 0 Å². The third-order valence-electron chi connectivity index (χ3n) is 3.06. The molecule has 0 atom stereocenters. The molecule has 0 amide bonds. The number of rotatable bonds is 2. The van der Waals surface area contributed by atoms with Crippen LogP contribution < -0.4 is 5.32 Å². The third-order valence-corrected chi connectivity index (χ3v) is 3.06. The van der Waals surface area contributed by atoms with Crippen molar-refractivity contribution >= 4 is 12.4 Å². The summed E-state index contributed by atoms with van der Waals surface area (Å²) in [5, 5.41) is 7.41. The van der Waals surface area contributed by atoms with Crippen LogP contribution in [0.3, 0.4) is 0 Å². The molecular weight excluding hydrogens is 238 g/mol. The predicted octanol–water partition coefficient (Wildman–Crippen LogP) is 2.33. The minimum Gasteiger partial charge on any atom is -0.339 e. The second kappa shape index (κ2) is 5.83. The van der Waals surface area contributed by atoms with Crippen LogP contribution in [0.5, 0.6) is 0 Å². The van der Waals surface area contributed by atoms with E-state index in [4.69, 9.17) is 4.52 Å². The van der Waals surface area contributed by atoms with Crippen LogP contribution in [0.2, 0.25) is 0 Å². The molecule has 0 aromatic carbocycles. The summed E-state index contributed by atoms with van der Waals surface area (Å²) in [7, 11) is 0. The highest BCUT2D eigenvalue weighted by Crippen LogP contribution is 2.21. The summed E-state index contributed by atoms with van der Waals surface area (Å²) in [5.74, 6) is 2.32. The Morgan fingerprint density at radius 1 is 1.29 bits per heavy atom. The van der Waals surface area contributed by atoms with E-state index < -0.39 is 0 Å². The summed E-state index contributed by atoms with van der Waals surface area (Å²) in [5.41, 5.74) is -0.0180. The minimum absolute atomic E-state index is 0. The molecule has 1 aliphatic heterocycles. The van der Waals surface area contributed by atoms with Crippen LogP contribution in [0.1, 0.15) is 45.3 Å². The van der Waals surface area contributed by atoms with E-state index in [0.29, 0.717) is 5.92 Å². The molecule has 1 saturated heterocycles. The van der Waals surface area contributed by atoms with Crippen LogP contribution in [-0.4, -0.2) is 23.2 Å². The maximum atomic E-state index is 5.31. The molecule has 4 nitrogen and oxygen atoms in total. The molecule has 0 bridgehead atoms. The molecule has 1 aromatic heterocycles. The van der Waals surface area contributed by atoms with Gasteiger partial charge in [-0.1, -0.05) is 25.9 Å². The van der Waals surface area contributed by atoms with Crippen molar-refractivity contribution < 1.29 is 4.52 Å². The van der Waals surface area contributed by atoms with Crippen LogP contribution in [0.4, 0.5) is 0 Å². The Balaban J connectivity index is 0.00000144. The Kier molecular flexibility index (Phi) is 4.95. The van der Waals surface area contributed by atoms with Crippen LogP contribution >= 0.6 is 12.4 Å². The first-order valence-electron chi connectivity index (χ1n) is 6.09. The molecule has 17 heavy (non-hydrogen) atoms. The van der Waals surface area contributed by atoms with Crippen molar-refractivity contribution in [3.8, 4) is 0 Å². The Labute approximate surface area is 109 Å². The lowest BCUT2D eigenvalue weighted by Gasteiger charge is -2.20. The molecule has 1 N–H and O–H groups in total. The van der Waals surface area contributed by atoms with Crippen molar-refractivity contribution in [2.24, 2.45) is 5.92 Å². The van der Waals surface area contributed by atoms with Crippen LogP contribution in [-0.2, 0) is 11.8 Å². The molecule has 0 radical (unpaired) electrons. The van der Waals surface area contributed by atoms with Crippen molar-refractivity contribution in [3.05, 3.63) is 11.7 Å². The number of nitrogens with zero attached hydrogens (tertiary/aromatic N) is 2. The number of hydrogen-bond donors (Lipinski definition) is 1. The fourth-order valence-electron chi connectivity index (χ4n) is 1.98. The second-order valence-corrected chi connectivity index (χ2v) is 5.66. The second-order valence-electron chi connectivity index (χ2n) is 5.66. The molecule has 1 aromatic rings. The van der Waals surface area contributed by atoms with Gasteiger partial charge in [-0.15, -0.1) is 12.4 Å². The van der Waals surface area contributed by atoms with Gasteiger partial charge in [0.2, 0.25) is 5.89 Å². The van der Waals surface area contributed by atoms with Gasteiger partial charge in [-0.3, -0.25) is 0 Å². The maximum Gasteiger partial charge on any atom is 0.226 e. The van der Waals surface area contributed by atoms with Gasteiger partial charge in [-0.2, -0.15) is 4.98 Å². The molecule has 0 spiro atoms. The number of aromatic nitrogens is 2. The summed E-state index contributed by atoms with van der Waals surface area (Å²) >= 11 is 0. The quantitative estimate of drug-likeness (QED) is 0.886. The zero-order valence-electron chi connectivity index (χ0n) is 10.8. The summed E-state index contributed by atoms with van der Waals surface area (Å²) in [6.07, 6.45) is 3.37. The lowest BCUT2D eigenvalue weighted by molar-refractivity contribution is 0.310. The van der Waals surface area contributed by atoms with Gasteiger partial charge in [0.15, 0.2) is 5.82 Å². The zero-order valence-corrected chi connectivity index (χ0v) is 11.6. The molecule has 1 fully saturated rings. The van der Waals surface area contributed by atoms with Crippen molar-refractivity contribution in [2.75, 3.05) is 13.1 Å².